The van der Waals surface area contributed by atoms with Crippen molar-refractivity contribution < 1.29 is 0 Å². The van der Waals surface area contributed by atoms with E-state index in [1.54, 1.807) is 0 Å². The standard InChI is InChI=1S/C29H31NS/c1-4-29(2,3)27(24-18-12-7-13-19-24)28(31)30-25(22-14-8-5-9-15-22)20-21-26(30)23-16-10-6-11-17-23/h4-19,25-27H,1,20-21H2,2-3H3/t25-,26-,27-/m1/s1. The minimum absolute atomic E-state index is 0.0803. The van der Waals surface area contributed by atoms with Gasteiger partial charge < -0.3 is 4.90 Å². The molecule has 0 spiro atoms. The molecule has 2 heteroatoms. The molecule has 0 saturated carbocycles. The zero-order valence-electron chi connectivity index (χ0n) is 18.4. The van der Waals surface area contributed by atoms with E-state index in [1.807, 2.05) is 0 Å². The quantitative estimate of drug-likeness (QED) is 0.292. The highest BCUT2D eigenvalue weighted by atomic mass is 32.1. The zero-order valence-corrected chi connectivity index (χ0v) is 19.3. The lowest BCUT2D eigenvalue weighted by molar-refractivity contribution is 0.300. The first-order valence-electron chi connectivity index (χ1n) is 11.1. The molecule has 4 rings (SSSR count). The van der Waals surface area contributed by atoms with Gasteiger partial charge in [-0.15, -0.1) is 6.58 Å². The second kappa shape index (κ2) is 9.20. The number of thiocarbonyl (C=S) groups is 1. The number of benzene rings is 3. The van der Waals surface area contributed by atoms with Gasteiger partial charge in [0.25, 0.3) is 0 Å². The van der Waals surface area contributed by atoms with E-state index < -0.39 is 0 Å². The Balaban J connectivity index is 1.81. The van der Waals surface area contributed by atoms with Crippen molar-refractivity contribution in [3.8, 4) is 0 Å². The maximum absolute atomic E-state index is 6.36. The number of hydrogen-bond acceptors (Lipinski definition) is 1. The Kier molecular flexibility index (Phi) is 6.38. The first-order valence-corrected chi connectivity index (χ1v) is 11.5. The van der Waals surface area contributed by atoms with Gasteiger partial charge in [0.15, 0.2) is 0 Å². The van der Waals surface area contributed by atoms with Crippen LogP contribution >= 0.6 is 12.2 Å². The van der Waals surface area contributed by atoms with E-state index >= 15 is 0 Å². The molecule has 1 saturated heterocycles. The van der Waals surface area contributed by atoms with E-state index in [1.165, 1.54) is 16.7 Å². The Morgan fingerprint density at radius 3 is 1.68 bits per heavy atom. The molecule has 0 unspecified atom stereocenters. The Bertz CT molecular complexity index is 963. The van der Waals surface area contributed by atoms with Crippen molar-refractivity contribution in [2.24, 2.45) is 5.41 Å². The van der Waals surface area contributed by atoms with Crippen molar-refractivity contribution in [1.29, 1.82) is 0 Å². The molecule has 1 heterocycles. The normalized spacial score (nSPS) is 19.7. The number of likely N-dealkylation sites (tertiary alicyclic amines) is 1. The molecular weight excluding hydrogens is 394 g/mol. The Morgan fingerprint density at radius 1 is 0.839 bits per heavy atom. The van der Waals surface area contributed by atoms with Gasteiger partial charge >= 0.3 is 0 Å². The van der Waals surface area contributed by atoms with Gasteiger partial charge in [0.2, 0.25) is 0 Å². The van der Waals surface area contributed by atoms with Crippen LogP contribution in [-0.2, 0) is 0 Å². The lowest BCUT2D eigenvalue weighted by Gasteiger charge is -2.41. The van der Waals surface area contributed by atoms with Crippen molar-refractivity contribution in [3.63, 3.8) is 0 Å². The second-order valence-corrected chi connectivity index (χ2v) is 9.46. The zero-order chi connectivity index (χ0) is 21.8. The second-order valence-electron chi connectivity index (χ2n) is 9.05. The highest BCUT2D eigenvalue weighted by molar-refractivity contribution is 7.80. The van der Waals surface area contributed by atoms with E-state index in [2.05, 4.69) is 122 Å². The van der Waals surface area contributed by atoms with Gasteiger partial charge in [-0.05, 0) is 34.9 Å². The number of hydrogen-bond donors (Lipinski definition) is 0. The summed E-state index contributed by atoms with van der Waals surface area (Å²) in [6.45, 7) is 8.65. The van der Waals surface area contributed by atoms with Crippen LogP contribution in [0.25, 0.3) is 0 Å². The lowest BCUT2D eigenvalue weighted by Crippen LogP contribution is -2.40. The summed E-state index contributed by atoms with van der Waals surface area (Å²) in [4.78, 5) is 3.54. The van der Waals surface area contributed by atoms with E-state index in [4.69, 9.17) is 12.2 Å². The highest BCUT2D eigenvalue weighted by Crippen LogP contribution is 2.49. The molecule has 0 amide bonds. The summed E-state index contributed by atoms with van der Waals surface area (Å²) < 4.78 is 0. The average Bonchev–Trinajstić information content (AvgIpc) is 3.26. The van der Waals surface area contributed by atoms with Crippen LogP contribution in [0.15, 0.2) is 104 Å². The van der Waals surface area contributed by atoms with E-state index in [9.17, 15) is 0 Å². The van der Waals surface area contributed by atoms with Crippen LogP contribution in [0.2, 0.25) is 0 Å². The lowest BCUT2D eigenvalue weighted by atomic mass is 9.74. The predicted molar refractivity (Wildman–Crippen MR) is 135 cm³/mol. The third-order valence-corrected chi connectivity index (χ3v) is 7.10. The molecule has 1 aliphatic heterocycles. The Hall–Kier alpha value is -2.71. The van der Waals surface area contributed by atoms with Gasteiger partial charge in [0.1, 0.15) is 0 Å². The molecule has 3 aromatic rings. The van der Waals surface area contributed by atoms with Crippen LogP contribution in [0.1, 0.15) is 61.4 Å². The molecule has 1 fully saturated rings. The molecule has 0 bridgehead atoms. The van der Waals surface area contributed by atoms with Crippen LogP contribution in [0.3, 0.4) is 0 Å². The van der Waals surface area contributed by atoms with Crippen LogP contribution < -0.4 is 0 Å². The van der Waals surface area contributed by atoms with E-state index in [0.29, 0.717) is 0 Å². The third kappa shape index (κ3) is 4.36. The smallest absolute Gasteiger partial charge is 0.0874 e. The van der Waals surface area contributed by atoms with Gasteiger partial charge in [-0.25, -0.2) is 0 Å². The van der Waals surface area contributed by atoms with E-state index in [0.717, 1.165) is 17.8 Å². The summed E-state index contributed by atoms with van der Waals surface area (Å²) in [5, 5.41) is 0. The van der Waals surface area contributed by atoms with Crippen LogP contribution in [0.5, 0.6) is 0 Å². The maximum Gasteiger partial charge on any atom is 0.0874 e. The fourth-order valence-corrected chi connectivity index (χ4v) is 5.62. The minimum atomic E-state index is -0.163. The summed E-state index contributed by atoms with van der Waals surface area (Å²) in [7, 11) is 0. The van der Waals surface area contributed by atoms with Crippen molar-refractivity contribution in [3.05, 3.63) is 120 Å². The molecule has 0 aliphatic carbocycles. The van der Waals surface area contributed by atoms with Crippen molar-refractivity contribution in [1.82, 2.24) is 4.90 Å². The van der Waals surface area contributed by atoms with Crippen LogP contribution in [0, 0.1) is 5.41 Å². The summed E-state index contributed by atoms with van der Waals surface area (Å²) in [5.41, 5.74) is 3.77. The molecule has 158 valence electrons. The monoisotopic (exact) mass is 425 g/mol. The summed E-state index contributed by atoms with van der Waals surface area (Å²) in [6, 6.07) is 32.9. The summed E-state index contributed by atoms with van der Waals surface area (Å²) in [6.07, 6.45) is 4.25. The molecule has 3 aromatic carbocycles. The van der Waals surface area contributed by atoms with Crippen LogP contribution in [-0.4, -0.2) is 9.89 Å². The molecule has 0 radical (unpaired) electrons. The van der Waals surface area contributed by atoms with Crippen molar-refractivity contribution in [2.75, 3.05) is 0 Å². The molecule has 3 atom stereocenters. The van der Waals surface area contributed by atoms with Gasteiger partial charge in [-0.1, -0.05) is 123 Å². The molecular formula is C29H31NS. The van der Waals surface area contributed by atoms with Gasteiger partial charge in [0.05, 0.1) is 17.1 Å². The first-order chi connectivity index (χ1) is 15.0. The number of rotatable bonds is 6. The fraction of sp³-hybridized carbons (Fsp3) is 0.276. The predicted octanol–water partition coefficient (Wildman–Crippen LogP) is 7.89. The highest BCUT2D eigenvalue weighted by Gasteiger charge is 2.42. The summed E-state index contributed by atoms with van der Waals surface area (Å²) in [5.74, 6) is 0.0803. The first kappa shape index (κ1) is 21.5. The van der Waals surface area contributed by atoms with Crippen molar-refractivity contribution in [2.45, 2.75) is 44.7 Å². The molecule has 0 aromatic heterocycles. The van der Waals surface area contributed by atoms with Crippen LogP contribution in [0.4, 0.5) is 0 Å². The minimum Gasteiger partial charge on any atom is -0.352 e. The SMILES string of the molecule is C=CC(C)(C)[C@@H](C(=S)N1[C@@H](c2ccccc2)CC[C@@H]1c1ccccc1)c1ccccc1. The molecule has 31 heavy (non-hydrogen) atoms. The number of allylic oxidation sites excluding steroid dienone is 1. The van der Waals surface area contributed by atoms with Gasteiger partial charge in [-0.2, -0.15) is 0 Å². The fourth-order valence-electron chi connectivity index (χ4n) is 4.93. The average molecular weight is 426 g/mol. The van der Waals surface area contributed by atoms with Gasteiger partial charge in [-0.3, -0.25) is 0 Å². The van der Waals surface area contributed by atoms with E-state index in [-0.39, 0.29) is 23.4 Å². The molecule has 0 N–H and O–H groups in total. The van der Waals surface area contributed by atoms with Crippen molar-refractivity contribution >= 4 is 17.2 Å². The molecule has 1 nitrogen and oxygen atoms in total. The Morgan fingerprint density at radius 2 is 1.26 bits per heavy atom. The Labute approximate surface area is 192 Å². The third-order valence-electron chi connectivity index (χ3n) is 6.66. The largest absolute Gasteiger partial charge is 0.352 e. The number of nitrogens with zero attached hydrogens (tertiary/aromatic N) is 1. The maximum atomic E-state index is 6.36. The topological polar surface area (TPSA) is 3.24 Å². The summed E-state index contributed by atoms with van der Waals surface area (Å²) >= 11 is 6.36. The molecule has 1 aliphatic rings. The van der Waals surface area contributed by atoms with Gasteiger partial charge in [0, 0.05) is 5.92 Å².